The van der Waals surface area contributed by atoms with Gasteiger partial charge in [-0.3, -0.25) is 5.10 Å². The summed E-state index contributed by atoms with van der Waals surface area (Å²) < 4.78 is 5.85. The van der Waals surface area contributed by atoms with Crippen LogP contribution >= 0.6 is 0 Å². The molecule has 4 heteroatoms. The van der Waals surface area contributed by atoms with Crippen LogP contribution in [0.25, 0.3) is 0 Å². The fourth-order valence-corrected chi connectivity index (χ4v) is 2.57. The molecule has 1 heterocycles. The van der Waals surface area contributed by atoms with Crippen molar-refractivity contribution in [2.24, 2.45) is 0 Å². The van der Waals surface area contributed by atoms with Crippen LogP contribution in [-0.2, 0) is 29.8 Å². The van der Waals surface area contributed by atoms with Gasteiger partial charge in [0.05, 0.1) is 18.4 Å². The van der Waals surface area contributed by atoms with Crippen LogP contribution in [0.4, 0.5) is 0 Å². The van der Waals surface area contributed by atoms with Gasteiger partial charge in [-0.15, -0.1) is 0 Å². The van der Waals surface area contributed by atoms with E-state index in [0.29, 0.717) is 6.61 Å². The number of benzene rings is 1. The van der Waals surface area contributed by atoms with Crippen molar-refractivity contribution in [3.63, 3.8) is 0 Å². The Hall–Kier alpha value is -1.65. The molecule has 0 aliphatic rings. The molecular formula is C20H31N3O. The minimum Gasteiger partial charge on any atom is -0.371 e. The fourth-order valence-electron chi connectivity index (χ4n) is 2.57. The van der Waals surface area contributed by atoms with Gasteiger partial charge in [0.2, 0.25) is 0 Å². The standard InChI is InChI=1S/C20H31N3O/c1-19(2,3)18-17(13-22-23-18)12-21-11-15-8-7-9-16(10-15)14-24-20(4,5)6/h7-10,13,21H,11-12,14H2,1-6H3,(H,22,23). The molecule has 2 N–H and O–H groups in total. The first-order chi connectivity index (χ1) is 11.1. The third kappa shape index (κ3) is 5.77. The van der Waals surface area contributed by atoms with Crippen LogP contribution in [0.2, 0.25) is 0 Å². The second-order valence-corrected chi connectivity index (χ2v) is 8.34. The van der Waals surface area contributed by atoms with Gasteiger partial charge in [0.15, 0.2) is 0 Å². The van der Waals surface area contributed by atoms with Gasteiger partial charge in [0.1, 0.15) is 0 Å². The Kier molecular flexibility index (Phi) is 5.83. The summed E-state index contributed by atoms with van der Waals surface area (Å²) in [5, 5.41) is 10.8. The molecule has 4 nitrogen and oxygen atoms in total. The van der Waals surface area contributed by atoms with Crippen LogP contribution in [0.1, 0.15) is 63.9 Å². The van der Waals surface area contributed by atoms with Crippen LogP contribution in [0.3, 0.4) is 0 Å². The molecule has 0 amide bonds. The number of nitrogens with zero attached hydrogens (tertiary/aromatic N) is 1. The van der Waals surface area contributed by atoms with E-state index in [-0.39, 0.29) is 11.0 Å². The van der Waals surface area contributed by atoms with E-state index >= 15 is 0 Å². The molecule has 2 rings (SSSR count). The lowest BCUT2D eigenvalue weighted by atomic mass is 9.89. The Morgan fingerprint density at radius 2 is 1.75 bits per heavy atom. The molecule has 1 aromatic carbocycles. The minimum absolute atomic E-state index is 0.0811. The van der Waals surface area contributed by atoms with E-state index in [0.717, 1.165) is 13.1 Å². The van der Waals surface area contributed by atoms with Crippen molar-refractivity contribution in [1.29, 1.82) is 0 Å². The van der Waals surface area contributed by atoms with Crippen molar-refractivity contribution in [3.8, 4) is 0 Å². The van der Waals surface area contributed by atoms with Gasteiger partial charge in [-0.2, -0.15) is 5.10 Å². The minimum atomic E-state index is -0.112. The second-order valence-electron chi connectivity index (χ2n) is 8.34. The molecular weight excluding hydrogens is 298 g/mol. The van der Waals surface area contributed by atoms with Crippen LogP contribution in [0, 0.1) is 0 Å². The predicted octanol–water partition coefficient (Wildman–Crippen LogP) is 4.31. The summed E-state index contributed by atoms with van der Waals surface area (Å²) in [5.41, 5.74) is 4.88. The smallest absolute Gasteiger partial charge is 0.0724 e. The zero-order chi connectivity index (χ0) is 17.8. The summed E-state index contributed by atoms with van der Waals surface area (Å²) in [5.74, 6) is 0. The molecule has 0 aliphatic heterocycles. The van der Waals surface area contributed by atoms with Crippen LogP contribution in [0.5, 0.6) is 0 Å². The first-order valence-electron chi connectivity index (χ1n) is 8.60. The van der Waals surface area contributed by atoms with E-state index in [1.54, 1.807) is 0 Å². The number of hydrogen-bond donors (Lipinski definition) is 2. The topological polar surface area (TPSA) is 49.9 Å². The number of ether oxygens (including phenoxy) is 1. The SMILES string of the molecule is CC(C)(C)OCc1cccc(CNCc2cn[nH]c2C(C)(C)C)c1. The molecule has 24 heavy (non-hydrogen) atoms. The highest BCUT2D eigenvalue weighted by Gasteiger charge is 2.19. The molecule has 0 saturated heterocycles. The van der Waals surface area contributed by atoms with Gasteiger partial charge >= 0.3 is 0 Å². The summed E-state index contributed by atoms with van der Waals surface area (Å²) >= 11 is 0. The van der Waals surface area contributed by atoms with E-state index in [2.05, 4.69) is 81.3 Å². The van der Waals surface area contributed by atoms with Crippen molar-refractivity contribution in [3.05, 3.63) is 52.8 Å². The number of aromatic amines is 1. The maximum absolute atomic E-state index is 5.85. The van der Waals surface area contributed by atoms with Gasteiger partial charge in [-0.1, -0.05) is 45.0 Å². The number of rotatable bonds is 6. The Morgan fingerprint density at radius 3 is 2.42 bits per heavy atom. The lowest BCUT2D eigenvalue weighted by Crippen LogP contribution is -2.19. The van der Waals surface area contributed by atoms with Crippen molar-refractivity contribution < 1.29 is 4.74 Å². The normalized spacial score (nSPS) is 12.6. The highest BCUT2D eigenvalue weighted by molar-refractivity contribution is 5.25. The van der Waals surface area contributed by atoms with Crippen molar-refractivity contribution >= 4 is 0 Å². The van der Waals surface area contributed by atoms with Gasteiger partial charge in [0.25, 0.3) is 0 Å². The molecule has 0 spiro atoms. The van der Waals surface area contributed by atoms with Crippen molar-refractivity contribution in [2.75, 3.05) is 0 Å². The Bertz CT molecular complexity index is 647. The second kappa shape index (κ2) is 7.49. The van der Waals surface area contributed by atoms with E-state index in [1.165, 1.54) is 22.4 Å². The highest BCUT2D eigenvalue weighted by Crippen LogP contribution is 2.23. The summed E-state index contributed by atoms with van der Waals surface area (Å²) in [6.45, 7) is 15.1. The first-order valence-corrected chi connectivity index (χ1v) is 8.60. The van der Waals surface area contributed by atoms with Gasteiger partial charge in [-0.25, -0.2) is 0 Å². The molecule has 2 aromatic rings. The quantitative estimate of drug-likeness (QED) is 0.830. The molecule has 0 fully saturated rings. The highest BCUT2D eigenvalue weighted by atomic mass is 16.5. The molecule has 132 valence electrons. The van der Waals surface area contributed by atoms with E-state index in [4.69, 9.17) is 4.74 Å². The third-order valence-corrected chi connectivity index (χ3v) is 3.78. The van der Waals surface area contributed by atoms with E-state index in [1.807, 2.05) is 6.20 Å². The maximum Gasteiger partial charge on any atom is 0.0724 e. The number of H-pyrrole nitrogens is 1. The molecule has 0 radical (unpaired) electrons. The van der Waals surface area contributed by atoms with E-state index < -0.39 is 0 Å². The lowest BCUT2D eigenvalue weighted by Gasteiger charge is -2.20. The van der Waals surface area contributed by atoms with Crippen LogP contribution in [-0.4, -0.2) is 15.8 Å². The number of nitrogens with one attached hydrogen (secondary N) is 2. The van der Waals surface area contributed by atoms with Gasteiger partial charge in [-0.05, 0) is 31.9 Å². The summed E-state index contributed by atoms with van der Waals surface area (Å²) in [6, 6.07) is 8.56. The van der Waals surface area contributed by atoms with Gasteiger partial charge in [0, 0.05) is 29.8 Å². The number of hydrogen-bond acceptors (Lipinski definition) is 3. The molecule has 0 atom stereocenters. The monoisotopic (exact) mass is 329 g/mol. The summed E-state index contributed by atoms with van der Waals surface area (Å²) in [4.78, 5) is 0. The third-order valence-electron chi connectivity index (χ3n) is 3.78. The summed E-state index contributed by atoms with van der Waals surface area (Å²) in [6.07, 6.45) is 1.92. The molecule has 0 aliphatic carbocycles. The van der Waals surface area contributed by atoms with Crippen LogP contribution in [0.15, 0.2) is 30.5 Å². The average molecular weight is 329 g/mol. The molecule has 0 bridgehead atoms. The Labute approximate surface area is 146 Å². The maximum atomic E-state index is 5.85. The van der Waals surface area contributed by atoms with Crippen molar-refractivity contribution in [1.82, 2.24) is 15.5 Å². The molecule has 0 saturated carbocycles. The Balaban J connectivity index is 1.90. The number of aromatic nitrogens is 2. The summed E-state index contributed by atoms with van der Waals surface area (Å²) in [7, 11) is 0. The fraction of sp³-hybridized carbons (Fsp3) is 0.550. The Morgan fingerprint density at radius 1 is 1.04 bits per heavy atom. The first kappa shape index (κ1) is 18.7. The van der Waals surface area contributed by atoms with Crippen LogP contribution < -0.4 is 5.32 Å². The predicted molar refractivity (Wildman–Crippen MR) is 98.8 cm³/mol. The van der Waals surface area contributed by atoms with E-state index in [9.17, 15) is 0 Å². The molecule has 0 unspecified atom stereocenters. The average Bonchev–Trinajstić information content (AvgIpc) is 2.94. The lowest BCUT2D eigenvalue weighted by molar-refractivity contribution is -0.0149. The largest absolute Gasteiger partial charge is 0.371 e. The molecule has 1 aromatic heterocycles. The van der Waals surface area contributed by atoms with Crippen molar-refractivity contribution in [2.45, 2.75) is 72.3 Å². The zero-order valence-corrected chi connectivity index (χ0v) is 15.9. The zero-order valence-electron chi connectivity index (χ0n) is 15.9. The van der Waals surface area contributed by atoms with Gasteiger partial charge < -0.3 is 10.1 Å².